The number of para-hydroxylation sites is 1. The van der Waals surface area contributed by atoms with Crippen LogP contribution in [0.15, 0.2) is 36.4 Å². The van der Waals surface area contributed by atoms with Crippen LogP contribution in [0.2, 0.25) is 0 Å². The number of hydrogen-bond acceptors (Lipinski definition) is 3. The zero-order valence-electron chi connectivity index (χ0n) is 10.3. The Bertz CT molecular complexity index is 641. The van der Waals surface area contributed by atoms with Crippen molar-refractivity contribution in [1.29, 1.82) is 0 Å². The molecular formula is C14H13FN2O2. The van der Waals surface area contributed by atoms with Crippen LogP contribution < -0.4 is 11.1 Å². The predicted octanol–water partition coefficient (Wildman–Crippen LogP) is 3.16. The van der Waals surface area contributed by atoms with E-state index in [1.807, 2.05) is 0 Å². The van der Waals surface area contributed by atoms with E-state index in [2.05, 4.69) is 5.32 Å². The van der Waals surface area contributed by atoms with Gasteiger partial charge in [-0.05, 0) is 36.8 Å². The van der Waals surface area contributed by atoms with E-state index in [0.29, 0.717) is 16.9 Å². The summed E-state index contributed by atoms with van der Waals surface area (Å²) in [5.74, 6) is -1.46. The summed E-state index contributed by atoms with van der Waals surface area (Å²) in [7, 11) is 0. The molecule has 98 valence electrons. The smallest absolute Gasteiger partial charge is 0.337 e. The SMILES string of the molecule is Cc1ccc(Nc2c(N)cccc2C(=O)O)cc1F. The predicted molar refractivity (Wildman–Crippen MR) is 72.2 cm³/mol. The zero-order chi connectivity index (χ0) is 14.0. The van der Waals surface area contributed by atoms with Gasteiger partial charge in [0, 0.05) is 5.69 Å². The van der Waals surface area contributed by atoms with E-state index in [-0.39, 0.29) is 17.1 Å². The Hall–Kier alpha value is -2.56. The number of carbonyl (C=O) groups is 1. The fourth-order valence-corrected chi connectivity index (χ4v) is 1.70. The maximum atomic E-state index is 13.5. The number of nitrogen functional groups attached to an aromatic ring is 1. The lowest BCUT2D eigenvalue weighted by atomic mass is 10.1. The molecule has 0 atom stereocenters. The van der Waals surface area contributed by atoms with E-state index in [4.69, 9.17) is 10.8 Å². The number of rotatable bonds is 3. The number of hydrogen-bond donors (Lipinski definition) is 3. The van der Waals surface area contributed by atoms with Gasteiger partial charge >= 0.3 is 5.97 Å². The number of carboxylic acids is 1. The molecular weight excluding hydrogens is 247 g/mol. The fourth-order valence-electron chi connectivity index (χ4n) is 1.70. The number of halogens is 1. The van der Waals surface area contributed by atoms with Gasteiger partial charge in [0.1, 0.15) is 5.82 Å². The number of aromatic carboxylic acids is 1. The summed E-state index contributed by atoms with van der Waals surface area (Å²) in [5, 5.41) is 11.9. The van der Waals surface area contributed by atoms with Crippen LogP contribution in [0, 0.1) is 12.7 Å². The highest BCUT2D eigenvalue weighted by Crippen LogP contribution is 2.28. The van der Waals surface area contributed by atoms with Crippen LogP contribution in [0.3, 0.4) is 0 Å². The van der Waals surface area contributed by atoms with Crippen LogP contribution in [0.5, 0.6) is 0 Å². The molecule has 0 aliphatic heterocycles. The molecule has 5 heteroatoms. The first-order valence-electron chi connectivity index (χ1n) is 5.64. The molecule has 0 aliphatic carbocycles. The molecule has 0 unspecified atom stereocenters. The van der Waals surface area contributed by atoms with Gasteiger partial charge in [-0.3, -0.25) is 0 Å². The zero-order valence-corrected chi connectivity index (χ0v) is 10.3. The number of anilines is 3. The lowest BCUT2D eigenvalue weighted by Crippen LogP contribution is -2.05. The molecule has 0 saturated carbocycles. The standard InChI is InChI=1S/C14H13FN2O2/c1-8-5-6-9(7-11(8)15)17-13-10(14(18)19)3-2-4-12(13)16/h2-7,17H,16H2,1H3,(H,18,19). The van der Waals surface area contributed by atoms with Gasteiger partial charge in [0.05, 0.1) is 16.9 Å². The Kier molecular flexibility index (Phi) is 3.37. The second-order valence-corrected chi connectivity index (χ2v) is 4.16. The van der Waals surface area contributed by atoms with Crippen molar-refractivity contribution in [2.45, 2.75) is 6.92 Å². The fraction of sp³-hybridized carbons (Fsp3) is 0.0714. The molecule has 19 heavy (non-hydrogen) atoms. The van der Waals surface area contributed by atoms with Crippen molar-refractivity contribution in [2.75, 3.05) is 11.1 Å². The van der Waals surface area contributed by atoms with Crippen molar-refractivity contribution in [1.82, 2.24) is 0 Å². The minimum Gasteiger partial charge on any atom is -0.478 e. The van der Waals surface area contributed by atoms with E-state index in [1.165, 1.54) is 12.1 Å². The van der Waals surface area contributed by atoms with Crippen molar-refractivity contribution in [2.24, 2.45) is 0 Å². The van der Waals surface area contributed by atoms with E-state index in [0.717, 1.165) is 0 Å². The summed E-state index contributed by atoms with van der Waals surface area (Å²) in [5.41, 5.74) is 7.32. The Morgan fingerprint density at radius 1 is 1.32 bits per heavy atom. The summed E-state index contributed by atoms with van der Waals surface area (Å²) < 4.78 is 13.5. The van der Waals surface area contributed by atoms with Gasteiger partial charge in [-0.25, -0.2) is 9.18 Å². The van der Waals surface area contributed by atoms with Crippen molar-refractivity contribution >= 4 is 23.0 Å². The molecule has 0 radical (unpaired) electrons. The first-order valence-corrected chi connectivity index (χ1v) is 5.64. The Morgan fingerprint density at radius 2 is 2.05 bits per heavy atom. The molecule has 0 saturated heterocycles. The number of aryl methyl sites for hydroxylation is 1. The first kappa shape index (κ1) is 12.9. The van der Waals surface area contributed by atoms with E-state index in [9.17, 15) is 9.18 Å². The first-order chi connectivity index (χ1) is 8.99. The number of nitrogens with two attached hydrogens (primary N) is 1. The molecule has 0 bridgehead atoms. The number of nitrogens with one attached hydrogen (secondary N) is 1. The molecule has 2 aromatic rings. The molecule has 0 heterocycles. The third kappa shape index (κ3) is 2.65. The molecule has 0 amide bonds. The molecule has 4 N–H and O–H groups in total. The van der Waals surface area contributed by atoms with Crippen molar-refractivity contribution in [3.05, 3.63) is 53.3 Å². The maximum absolute atomic E-state index is 13.5. The van der Waals surface area contributed by atoms with Crippen molar-refractivity contribution in [3.63, 3.8) is 0 Å². The maximum Gasteiger partial charge on any atom is 0.337 e. The second-order valence-electron chi connectivity index (χ2n) is 4.16. The van der Waals surface area contributed by atoms with Gasteiger partial charge in [0.25, 0.3) is 0 Å². The average molecular weight is 260 g/mol. The third-order valence-electron chi connectivity index (χ3n) is 2.77. The highest BCUT2D eigenvalue weighted by molar-refractivity contribution is 5.98. The minimum atomic E-state index is -1.10. The molecule has 2 aromatic carbocycles. The van der Waals surface area contributed by atoms with Gasteiger partial charge in [-0.1, -0.05) is 12.1 Å². The Morgan fingerprint density at radius 3 is 2.68 bits per heavy atom. The quantitative estimate of drug-likeness (QED) is 0.741. The van der Waals surface area contributed by atoms with Crippen LogP contribution >= 0.6 is 0 Å². The van der Waals surface area contributed by atoms with Gasteiger partial charge in [0.2, 0.25) is 0 Å². The average Bonchev–Trinajstić information content (AvgIpc) is 2.36. The lowest BCUT2D eigenvalue weighted by Gasteiger charge is -2.12. The second kappa shape index (κ2) is 4.97. The monoisotopic (exact) mass is 260 g/mol. The van der Waals surface area contributed by atoms with Crippen LogP contribution in [0.25, 0.3) is 0 Å². The van der Waals surface area contributed by atoms with Crippen LogP contribution in [-0.2, 0) is 0 Å². The molecule has 0 fully saturated rings. The van der Waals surface area contributed by atoms with Gasteiger partial charge in [0.15, 0.2) is 0 Å². The van der Waals surface area contributed by atoms with E-state index < -0.39 is 5.97 Å². The summed E-state index contributed by atoms with van der Waals surface area (Å²) in [6.45, 7) is 1.65. The summed E-state index contributed by atoms with van der Waals surface area (Å²) in [6, 6.07) is 9.14. The molecule has 0 aromatic heterocycles. The largest absolute Gasteiger partial charge is 0.478 e. The number of benzene rings is 2. The lowest BCUT2D eigenvalue weighted by molar-refractivity contribution is 0.0698. The molecule has 4 nitrogen and oxygen atoms in total. The van der Waals surface area contributed by atoms with Crippen LogP contribution in [0.4, 0.5) is 21.5 Å². The Labute approximate surface area is 109 Å². The van der Waals surface area contributed by atoms with Gasteiger partial charge in [-0.15, -0.1) is 0 Å². The van der Waals surface area contributed by atoms with E-state index in [1.54, 1.807) is 31.2 Å². The van der Waals surface area contributed by atoms with Crippen molar-refractivity contribution in [3.8, 4) is 0 Å². The van der Waals surface area contributed by atoms with Crippen molar-refractivity contribution < 1.29 is 14.3 Å². The topological polar surface area (TPSA) is 75.3 Å². The number of carboxylic acid groups (broad SMARTS) is 1. The summed E-state index contributed by atoms with van der Waals surface area (Å²) in [6.07, 6.45) is 0. The minimum absolute atomic E-state index is 0.0426. The summed E-state index contributed by atoms with van der Waals surface area (Å²) >= 11 is 0. The highest BCUT2D eigenvalue weighted by Gasteiger charge is 2.13. The Balaban J connectivity index is 2.42. The van der Waals surface area contributed by atoms with Crippen LogP contribution in [0.1, 0.15) is 15.9 Å². The van der Waals surface area contributed by atoms with Gasteiger partial charge in [-0.2, -0.15) is 0 Å². The molecule has 2 rings (SSSR count). The highest BCUT2D eigenvalue weighted by atomic mass is 19.1. The normalized spacial score (nSPS) is 10.2. The molecule has 0 spiro atoms. The third-order valence-corrected chi connectivity index (χ3v) is 2.77. The van der Waals surface area contributed by atoms with Gasteiger partial charge < -0.3 is 16.2 Å². The molecule has 0 aliphatic rings. The van der Waals surface area contributed by atoms with Crippen LogP contribution in [-0.4, -0.2) is 11.1 Å². The summed E-state index contributed by atoms with van der Waals surface area (Å²) in [4.78, 5) is 11.1. The van der Waals surface area contributed by atoms with E-state index >= 15 is 0 Å².